The number of nitriles is 1. The molecule has 3 aromatic rings. The fraction of sp³-hybridized carbons (Fsp3) is 0.130. The molecular weight excluding hydrogens is 444 g/mol. The highest BCUT2D eigenvalue weighted by molar-refractivity contribution is 7.18. The maximum absolute atomic E-state index is 12.6. The SMILES string of the molecule is COc1ccc(C(=O)OCC(=O)Nc2sc(C(=O)Nc3ccccc3)c(C)c2C#N)cc1N. The molecule has 0 aliphatic rings. The van der Waals surface area contributed by atoms with Crippen molar-refractivity contribution >= 4 is 45.5 Å². The van der Waals surface area contributed by atoms with Crippen LogP contribution in [0.2, 0.25) is 0 Å². The number of ether oxygens (including phenoxy) is 2. The van der Waals surface area contributed by atoms with Gasteiger partial charge in [0.2, 0.25) is 0 Å². The van der Waals surface area contributed by atoms with Crippen LogP contribution in [0.3, 0.4) is 0 Å². The first-order chi connectivity index (χ1) is 15.8. The van der Waals surface area contributed by atoms with Crippen LogP contribution in [0.15, 0.2) is 48.5 Å². The quantitative estimate of drug-likeness (QED) is 0.358. The Balaban J connectivity index is 1.66. The van der Waals surface area contributed by atoms with Crippen LogP contribution in [0.5, 0.6) is 5.75 Å². The minimum Gasteiger partial charge on any atom is -0.495 e. The molecular formula is C23H20N4O5S. The fourth-order valence-corrected chi connectivity index (χ4v) is 3.97. The molecule has 0 saturated heterocycles. The maximum Gasteiger partial charge on any atom is 0.338 e. The van der Waals surface area contributed by atoms with Crippen molar-refractivity contribution in [2.24, 2.45) is 0 Å². The van der Waals surface area contributed by atoms with Gasteiger partial charge in [-0.25, -0.2) is 4.79 Å². The molecule has 0 atom stereocenters. The third-order valence-electron chi connectivity index (χ3n) is 4.55. The van der Waals surface area contributed by atoms with Crippen molar-refractivity contribution in [2.75, 3.05) is 30.1 Å². The number of thiophene rings is 1. The molecule has 0 spiro atoms. The lowest BCUT2D eigenvalue weighted by molar-refractivity contribution is -0.119. The summed E-state index contributed by atoms with van der Waals surface area (Å²) in [7, 11) is 1.45. The number of esters is 1. The highest BCUT2D eigenvalue weighted by Gasteiger charge is 2.22. The van der Waals surface area contributed by atoms with Gasteiger partial charge in [-0.2, -0.15) is 5.26 Å². The molecule has 2 amide bonds. The van der Waals surface area contributed by atoms with E-state index in [1.54, 1.807) is 31.2 Å². The molecule has 1 aromatic heterocycles. The van der Waals surface area contributed by atoms with Gasteiger partial charge in [-0.05, 0) is 42.8 Å². The van der Waals surface area contributed by atoms with Crippen molar-refractivity contribution in [3.8, 4) is 11.8 Å². The molecule has 0 aliphatic carbocycles. The first-order valence-electron chi connectivity index (χ1n) is 9.64. The van der Waals surface area contributed by atoms with Crippen LogP contribution in [0.25, 0.3) is 0 Å². The standard InChI is InChI=1S/C23H20N4O5S/c1-13-16(11-24)22(33-20(13)21(29)26-15-6-4-3-5-7-15)27-19(28)12-32-23(30)14-8-9-18(31-2)17(25)10-14/h3-10H,12,25H2,1-2H3,(H,26,29)(H,27,28). The lowest BCUT2D eigenvalue weighted by atomic mass is 10.1. The number of amides is 2. The van der Waals surface area contributed by atoms with Gasteiger partial charge in [-0.3, -0.25) is 9.59 Å². The number of nitrogens with one attached hydrogen (secondary N) is 2. The molecule has 0 unspecified atom stereocenters. The summed E-state index contributed by atoms with van der Waals surface area (Å²) in [4.78, 5) is 37.4. The molecule has 0 saturated carbocycles. The number of benzene rings is 2. The molecule has 0 fully saturated rings. The van der Waals surface area contributed by atoms with E-state index in [0.717, 1.165) is 11.3 Å². The molecule has 3 rings (SSSR count). The van der Waals surface area contributed by atoms with Crippen LogP contribution in [0.4, 0.5) is 16.4 Å². The molecule has 2 aromatic carbocycles. The molecule has 4 N–H and O–H groups in total. The van der Waals surface area contributed by atoms with Crippen LogP contribution in [-0.4, -0.2) is 31.5 Å². The highest BCUT2D eigenvalue weighted by Crippen LogP contribution is 2.33. The first kappa shape index (κ1) is 23.3. The summed E-state index contributed by atoms with van der Waals surface area (Å²) in [6, 6.07) is 15.2. The van der Waals surface area contributed by atoms with Gasteiger partial charge >= 0.3 is 5.97 Å². The second-order valence-electron chi connectivity index (χ2n) is 6.77. The average Bonchev–Trinajstić information content (AvgIpc) is 3.12. The number of rotatable bonds is 7. The number of carbonyl (C=O) groups excluding carboxylic acids is 3. The Labute approximate surface area is 193 Å². The normalized spacial score (nSPS) is 10.1. The van der Waals surface area contributed by atoms with Gasteiger partial charge in [-0.15, -0.1) is 11.3 Å². The average molecular weight is 465 g/mol. The van der Waals surface area contributed by atoms with Crippen LogP contribution in [0, 0.1) is 18.3 Å². The van der Waals surface area contributed by atoms with Crippen molar-refractivity contribution in [3.05, 3.63) is 70.1 Å². The Kier molecular flexibility index (Phi) is 7.27. The van der Waals surface area contributed by atoms with Gasteiger partial charge in [0.15, 0.2) is 6.61 Å². The van der Waals surface area contributed by atoms with Crippen LogP contribution in [-0.2, 0) is 9.53 Å². The fourth-order valence-electron chi connectivity index (χ4n) is 2.90. The van der Waals surface area contributed by atoms with E-state index in [0.29, 0.717) is 17.0 Å². The van der Waals surface area contributed by atoms with Gasteiger partial charge in [0.25, 0.3) is 11.8 Å². The molecule has 10 heteroatoms. The summed E-state index contributed by atoms with van der Waals surface area (Å²) >= 11 is 0.966. The lowest BCUT2D eigenvalue weighted by Crippen LogP contribution is -2.21. The van der Waals surface area contributed by atoms with E-state index >= 15 is 0 Å². The van der Waals surface area contributed by atoms with Crippen LogP contribution in [0.1, 0.15) is 31.2 Å². The van der Waals surface area contributed by atoms with Crippen molar-refractivity contribution < 1.29 is 23.9 Å². The summed E-state index contributed by atoms with van der Waals surface area (Å²) in [6.07, 6.45) is 0. The van der Waals surface area contributed by atoms with Crippen molar-refractivity contribution in [3.63, 3.8) is 0 Å². The molecule has 9 nitrogen and oxygen atoms in total. The zero-order valence-corrected chi connectivity index (χ0v) is 18.6. The van der Waals surface area contributed by atoms with Gasteiger partial charge in [0.05, 0.1) is 28.8 Å². The number of para-hydroxylation sites is 1. The number of nitrogens with zero attached hydrogens (tertiary/aromatic N) is 1. The predicted molar refractivity (Wildman–Crippen MR) is 124 cm³/mol. The largest absolute Gasteiger partial charge is 0.495 e. The highest BCUT2D eigenvalue weighted by atomic mass is 32.1. The first-order valence-corrected chi connectivity index (χ1v) is 10.5. The topological polar surface area (TPSA) is 144 Å². The van der Waals surface area contributed by atoms with E-state index in [4.69, 9.17) is 15.2 Å². The molecule has 33 heavy (non-hydrogen) atoms. The maximum atomic E-state index is 12.6. The number of hydrogen-bond donors (Lipinski definition) is 3. The molecule has 1 heterocycles. The minimum absolute atomic E-state index is 0.158. The Bertz CT molecular complexity index is 1250. The predicted octanol–water partition coefficient (Wildman–Crippen LogP) is 3.57. The third kappa shape index (κ3) is 5.47. The van der Waals surface area contributed by atoms with E-state index in [9.17, 15) is 19.6 Å². The summed E-state index contributed by atoms with van der Waals surface area (Å²) in [6.45, 7) is 1.04. The van der Waals surface area contributed by atoms with Crippen molar-refractivity contribution in [1.82, 2.24) is 0 Å². The number of nitrogens with two attached hydrogens (primary N) is 1. The third-order valence-corrected chi connectivity index (χ3v) is 5.76. The second kappa shape index (κ2) is 10.3. The molecule has 0 bridgehead atoms. The summed E-state index contributed by atoms with van der Waals surface area (Å²) < 4.78 is 10.1. The Morgan fingerprint density at radius 3 is 2.48 bits per heavy atom. The van der Waals surface area contributed by atoms with Gasteiger partial charge < -0.3 is 25.8 Å². The zero-order valence-electron chi connectivity index (χ0n) is 17.8. The number of methoxy groups -OCH3 is 1. The molecule has 0 aliphatic heterocycles. The summed E-state index contributed by atoms with van der Waals surface area (Å²) in [5.74, 6) is -1.39. The summed E-state index contributed by atoms with van der Waals surface area (Å²) in [5.41, 5.74) is 7.40. The monoisotopic (exact) mass is 464 g/mol. The smallest absolute Gasteiger partial charge is 0.338 e. The Morgan fingerprint density at radius 1 is 1.12 bits per heavy atom. The molecule has 168 valence electrons. The van der Waals surface area contributed by atoms with Gasteiger partial charge in [-0.1, -0.05) is 18.2 Å². The Morgan fingerprint density at radius 2 is 1.85 bits per heavy atom. The van der Waals surface area contributed by atoms with E-state index in [-0.39, 0.29) is 26.7 Å². The molecule has 0 radical (unpaired) electrons. The van der Waals surface area contributed by atoms with Gasteiger partial charge in [0, 0.05) is 5.69 Å². The number of carbonyl (C=O) groups is 3. The van der Waals surface area contributed by atoms with E-state index in [2.05, 4.69) is 10.6 Å². The zero-order chi connectivity index (χ0) is 24.0. The van der Waals surface area contributed by atoms with E-state index in [1.165, 1.54) is 25.3 Å². The van der Waals surface area contributed by atoms with E-state index in [1.807, 2.05) is 12.1 Å². The number of anilines is 3. The lowest BCUT2D eigenvalue weighted by Gasteiger charge is -2.08. The van der Waals surface area contributed by atoms with Gasteiger partial charge in [0.1, 0.15) is 16.8 Å². The van der Waals surface area contributed by atoms with Crippen LogP contribution >= 0.6 is 11.3 Å². The second-order valence-corrected chi connectivity index (χ2v) is 7.79. The summed E-state index contributed by atoms with van der Waals surface area (Å²) in [5, 5.41) is 15.0. The van der Waals surface area contributed by atoms with Crippen LogP contribution < -0.4 is 21.1 Å². The Hall–Kier alpha value is -4.36. The number of hydrogen-bond acceptors (Lipinski definition) is 8. The van der Waals surface area contributed by atoms with Crippen molar-refractivity contribution in [2.45, 2.75) is 6.92 Å². The van der Waals surface area contributed by atoms with Crippen molar-refractivity contribution in [1.29, 1.82) is 5.26 Å². The minimum atomic E-state index is -0.745. The number of nitrogen functional groups attached to an aromatic ring is 1. The van der Waals surface area contributed by atoms with E-state index < -0.39 is 24.4 Å².